The van der Waals surface area contributed by atoms with E-state index in [1.165, 1.54) is 6.07 Å². The van der Waals surface area contributed by atoms with Crippen LogP contribution in [0, 0.1) is 12.8 Å². The van der Waals surface area contributed by atoms with Crippen LogP contribution in [-0.4, -0.2) is 35.7 Å². The van der Waals surface area contributed by atoms with Crippen LogP contribution in [0.3, 0.4) is 0 Å². The van der Waals surface area contributed by atoms with Gasteiger partial charge in [-0.3, -0.25) is 9.69 Å². The molecule has 0 amide bonds. The summed E-state index contributed by atoms with van der Waals surface area (Å²) in [5.41, 5.74) is 1.38. The Balaban J connectivity index is 1.86. The molecule has 2 heterocycles. The molecule has 6 nitrogen and oxygen atoms in total. The lowest BCUT2D eigenvalue weighted by molar-refractivity contribution is -0.150. The van der Waals surface area contributed by atoms with Crippen LogP contribution in [0.2, 0.25) is 0 Å². The van der Waals surface area contributed by atoms with Gasteiger partial charge in [0.25, 0.3) is 0 Å². The number of hydrogen-bond donors (Lipinski definition) is 1. The molecule has 0 spiro atoms. The monoisotopic (exact) mass is 345 g/mol. The molecule has 0 unspecified atom stereocenters. The molecule has 1 fully saturated rings. The Morgan fingerprint density at radius 2 is 2.24 bits per heavy atom. The van der Waals surface area contributed by atoms with Gasteiger partial charge in [0.15, 0.2) is 0 Å². The van der Waals surface area contributed by atoms with Crippen molar-refractivity contribution in [2.45, 2.75) is 33.2 Å². The molecule has 6 heteroatoms. The molecule has 3 rings (SSSR count). The summed E-state index contributed by atoms with van der Waals surface area (Å²) in [6, 6.07) is 4.87. The van der Waals surface area contributed by atoms with E-state index >= 15 is 0 Å². The van der Waals surface area contributed by atoms with Crippen LogP contribution in [0.1, 0.15) is 30.9 Å². The Kier molecular flexibility index (Phi) is 5.08. The van der Waals surface area contributed by atoms with E-state index in [1.54, 1.807) is 19.1 Å². The number of nitrogens with zero attached hydrogens (tertiary/aromatic N) is 1. The molecule has 25 heavy (non-hydrogen) atoms. The summed E-state index contributed by atoms with van der Waals surface area (Å²) < 4.78 is 10.4. The molecule has 1 aliphatic rings. The van der Waals surface area contributed by atoms with E-state index in [0.717, 1.165) is 30.3 Å². The van der Waals surface area contributed by atoms with Crippen molar-refractivity contribution < 1.29 is 19.1 Å². The van der Waals surface area contributed by atoms with Crippen LogP contribution in [0.5, 0.6) is 5.75 Å². The van der Waals surface area contributed by atoms with E-state index < -0.39 is 5.63 Å². The van der Waals surface area contributed by atoms with Crippen LogP contribution in [-0.2, 0) is 16.1 Å². The molecule has 1 N–H and O–H groups in total. The second-order valence-corrected chi connectivity index (χ2v) is 6.50. The highest BCUT2D eigenvalue weighted by molar-refractivity contribution is 5.84. The van der Waals surface area contributed by atoms with Gasteiger partial charge in [-0.05, 0) is 50.9 Å². The van der Waals surface area contributed by atoms with E-state index in [-0.39, 0.29) is 17.6 Å². The number of benzene rings is 1. The number of aryl methyl sites for hydroxylation is 1. The maximum Gasteiger partial charge on any atom is 0.336 e. The second-order valence-electron chi connectivity index (χ2n) is 6.50. The number of likely N-dealkylation sites (tertiary alicyclic amines) is 1. The van der Waals surface area contributed by atoms with Crippen molar-refractivity contribution in [3.63, 3.8) is 0 Å². The lowest BCUT2D eigenvalue weighted by Gasteiger charge is -2.31. The summed E-state index contributed by atoms with van der Waals surface area (Å²) in [7, 11) is 0. The van der Waals surface area contributed by atoms with Crippen LogP contribution < -0.4 is 5.63 Å². The number of carbonyl (C=O) groups excluding carboxylic acids is 1. The number of carbonyl (C=O) groups is 1. The number of aromatic hydroxyl groups is 1. The third-order valence-corrected chi connectivity index (χ3v) is 4.74. The Morgan fingerprint density at radius 1 is 1.44 bits per heavy atom. The molecule has 2 aromatic rings. The zero-order valence-electron chi connectivity index (χ0n) is 14.6. The fourth-order valence-electron chi connectivity index (χ4n) is 3.44. The number of ether oxygens (including phenoxy) is 1. The molecule has 1 atom stereocenters. The Labute approximate surface area is 146 Å². The first-order valence-corrected chi connectivity index (χ1v) is 8.64. The van der Waals surface area contributed by atoms with Crippen molar-refractivity contribution in [3.8, 4) is 5.75 Å². The summed E-state index contributed by atoms with van der Waals surface area (Å²) in [5, 5.41) is 10.7. The Morgan fingerprint density at radius 3 is 3.00 bits per heavy atom. The van der Waals surface area contributed by atoms with Gasteiger partial charge in [0.05, 0.1) is 12.5 Å². The molecule has 1 aromatic heterocycles. The van der Waals surface area contributed by atoms with Gasteiger partial charge in [-0.1, -0.05) is 0 Å². The summed E-state index contributed by atoms with van der Waals surface area (Å²) >= 11 is 0. The molecule has 134 valence electrons. The SMILES string of the molecule is CCOC(=O)[C@@H]1CCCN(Cc2cc(=O)oc3c(C)c(O)ccc23)C1. The number of hydrogen-bond acceptors (Lipinski definition) is 6. The topological polar surface area (TPSA) is 80.0 Å². The zero-order chi connectivity index (χ0) is 18.0. The predicted molar refractivity (Wildman–Crippen MR) is 93.5 cm³/mol. The van der Waals surface area contributed by atoms with E-state index in [9.17, 15) is 14.7 Å². The van der Waals surface area contributed by atoms with Gasteiger partial charge in [-0.25, -0.2) is 4.79 Å². The van der Waals surface area contributed by atoms with Crippen molar-refractivity contribution in [2.75, 3.05) is 19.7 Å². The average Bonchev–Trinajstić information content (AvgIpc) is 2.59. The lowest BCUT2D eigenvalue weighted by Crippen LogP contribution is -2.39. The molecule has 0 aliphatic carbocycles. The van der Waals surface area contributed by atoms with Crippen molar-refractivity contribution in [2.24, 2.45) is 5.92 Å². The van der Waals surface area contributed by atoms with E-state index in [1.807, 2.05) is 6.92 Å². The quantitative estimate of drug-likeness (QED) is 0.678. The summed E-state index contributed by atoms with van der Waals surface area (Å²) in [5.74, 6) is -0.163. The molecule has 1 saturated heterocycles. The van der Waals surface area contributed by atoms with Crippen molar-refractivity contribution in [3.05, 3.63) is 39.7 Å². The Hall–Kier alpha value is -2.34. The average molecular weight is 345 g/mol. The molecule has 0 saturated carbocycles. The minimum absolute atomic E-state index is 0.105. The predicted octanol–water partition coefficient (Wildman–Crippen LogP) is 2.58. The maximum absolute atomic E-state index is 12.0. The summed E-state index contributed by atoms with van der Waals surface area (Å²) in [6.07, 6.45) is 1.75. The first kappa shape index (κ1) is 17.5. The van der Waals surface area contributed by atoms with Crippen LogP contribution in [0.15, 0.2) is 27.4 Å². The summed E-state index contributed by atoms with van der Waals surface area (Å²) in [6.45, 7) is 5.98. The molecule has 0 bridgehead atoms. The zero-order valence-corrected chi connectivity index (χ0v) is 14.6. The normalized spacial score (nSPS) is 18.4. The molecular weight excluding hydrogens is 322 g/mol. The fourth-order valence-corrected chi connectivity index (χ4v) is 3.44. The van der Waals surface area contributed by atoms with Crippen LogP contribution in [0.25, 0.3) is 11.0 Å². The first-order valence-electron chi connectivity index (χ1n) is 8.64. The van der Waals surface area contributed by atoms with Gasteiger partial charge in [-0.2, -0.15) is 0 Å². The number of piperidine rings is 1. The van der Waals surface area contributed by atoms with Crippen molar-refractivity contribution >= 4 is 16.9 Å². The highest BCUT2D eigenvalue weighted by atomic mass is 16.5. The minimum atomic E-state index is -0.435. The van der Waals surface area contributed by atoms with Gasteiger partial charge in [0.2, 0.25) is 0 Å². The van der Waals surface area contributed by atoms with Gasteiger partial charge in [-0.15, -0.1) is 0 Å². The highest BCUT2D eigenvalue weighted by Gasteiger charge is 2.27. The number of fused-ring (bicyclic) bond motifs is 1. The molecule has 1 aromatic carbocycles. The standard InChI is InChI=1S/C19H23NO5/c1-3-24-19(23)13-5-4-8-20(10-13)11-14-9-17(22)25-18-12(2)16(21)7-6-15(14)18/h6-7,9,13,21H,3-5,8,10-11H2,1-2H3/t13-/m1/s1. The van der Waals surface area contributed by atoms with E-state index in [2.05, 4.69) is 4.90 Å². The van der Waals surface area contributed by atoms with Crippen molar-refractivity contribution in [1.82, 2.24) is 4.90 Å². The van der Waals surface area contributed by atoms with Gasteiger partial charge < -0.3 is 14.3 Å². The highest BCUT2D eigenvalue weighted by Crippen LogP contribution is 2.29. The van der Waals surface area contributed by atoms with Crippen molar-refractivity contribution in [1.29, 1.82) is 0 Å². The second kappa shape index (κ2) is 7.27. The fraction of sp³-hybridized carbons (Fsp3) is 0.474. The molecule has 1 aliphatic heterocycles. The number of phenols is 1. The van der Waals surface area contributed by atoms with Crippen LogP contribution in [0.4, 0.5) is 0 Å². The third kappa shape index (κ3) is 3.69. The van der Waals surface area contributed by atoms with E-state index in [4.69, 9.17) is 9.15 Å². The first-order chi connectivity index (χ1) is 12.0. The van der Waals surface area contributed by atoms with Gasteiger partial charge >= 0.3 is 11.6 Å². The molecule has 0 radical (unpaired) electrons. The molecular formula is C19H23NO5. The van der Waals surface area contributed by atoms with Crippen LogP contribution >= 0.6 is 0 Å². The number of esters is 1. The van der Waals surface area contributed by atoms with Gasteiger partial charge in [0, 0.05) is 30.1 Å². The maximum atomic E-state index is 12.0. The van der Waals surface area contributed by atoms with E-state index in [0.29, 0.717) is 30.8 Å². The minimum Gasteiger partial charge on any atom is -0.508 e. The largest absolute Gasteiger partial charge is 0.508 e. The van der Waals surface area contributed by atoms with Gasteiger partial charge in [0.1, 0.15) is 11.3 Å². The smallest absolute Gasteiger partial charge is 0.336 e. The third-order valence-electron chi connectivity index (χ3n) is 4.74. The number of rotatable bonds is 4. The Bertz CT molecular complexity index is 842. The lowest BCUT2D eigenvalue weighted by atomic mass is 9.97. The summed E-state index contributed by atoms with van der Waals surface area (Å²) in [4.78, 5) is 26.1. The number of phenolic OH excluding ortho intramolecular Hbond substituents is 1.